The van der Waals surface area contributed by atoms with Crippen molar-refractivity contribution in [3.05, 3.63) is 5.82 Å². The van der Waals surface area contributed by atoms with Gasteiger partial charge in [0.05, 0.1) is 12.1 Å². The Kier molecular flexibility index (Phi) is 4.75. The minimum absolute atomic E-state index is 0.204. The predicted octanol–water partition coefficient (Wildman–Crippen LogP) is 2.04. The van der Waals surface area contributed by atoms with Crippen molar-refractivity contribution >= 4 is 11.9 Å². The van der Waals surface area contributed by atoms with Gasteiger partial charge in [0.25, 0.3) is 0 Å². The van der Waals surface area contributed by atoms with Crippen LogP contribution in [0.3, 0.4) is 0 Å². The van der Waals surface area contributed by atoms with E-state index in [4.69, 9.17) is 4.74 Å². The maximum Gasteiger partial charge on any atom is 0.229 e. The van der Waals surface area contributed by atoms with Crippen LogP contribution >= 0.6 is 0 Å². The summed E-state index contributed by atoms with van der Waals surface area (Å²) in [5.41, 5.74) is 0. The van der Waals surface area contributed by atoms with E-state index in [9.17, 15) is 0 Å². The fourth-order valence-electron chi connectivity index (χ4n) is 2.20. The fourth-order valence-corrected chi connectivity index (χ4v) is 2.20. The first kappa shape index (κ1) is 15.0. The van der Waals surface area contributed by atoms with Gasteiger partial charge in [-0.1, -0.05) is 13.8 Å². The Labute approximate surface area is 121 Å². The van der Waals surface area contributed by atoms with E-state index in [0.717, 1.165) is 25.3 Å². The first-order valence-electron chi connectivity index (χ1n) is 7.29. The van der Waals surface area contributed by atoms with E-state index < -0.39 is 0 Å². The molecular weight excluding hydrogens is 254 g/mol. The summed E-state index contributed by atoms with van der Waals surface area (Å²) in [6.45, 7) is 7.14. The Morgan fingerprint density at radius 3 is 2.50 bits per heavy atom. The summed E-state index contributed by atoms with van der Waals surface area (Å²) in [7, 11) is 3.87. The van der Waals surface area contributed by atoms with Gasteiger partial charge in [0.15, 0.2) is 0 Å². The minimum atomic E-state index is 0.204. The largest absolute Gasteiger partial charge is 0.376 e. The van der Waals surface area contributed by atoms with Crippen LogP contribution in [-0.2, 0) is 4.74 Å². The molecule has 0 bridgehead atoms. The number of ether oxygens (including phenoxy) is 1. The van der Waals surface area contributed by atoms with E-state index in [-0.39, 0.29) is 18.1 Å². The van der Waals surface area contributed by atoms with Crippen LogP contribution in [0.15, 0.2) is 0 Å². The average molecular weight is 279 g/mol. The third-order valence-electron chi connectivity index (χ3n) is 3.44. The van der Waals surface area contributed by atoms with Crippen molar-refractivity contribution in [2.24, 2.45) is 0 Å². The summed E-state index contributed by atoms with van der Waals surface area (Å²) in [5.74, 6) is 2.40. The molecule has 1 saturated heterocycles. The summed E-state index contributed by atoms with van der Waals surface area (Å²) in [6.07, 6.45) is 2.47. The van der Waals surface area contributed by atoms with Crippen LogP contribution in [0.2, 0.25) is 0 Å². The van der Waals surface area contributed by atoms with Gasteiger partial charge >= 0.3 is 0 Å². The van der Waals surface area contributed by atoms with E-state index in [1.165, 1.54) is 0 Å². The van der Waals surface area contributed by atoms with Gasteiger partial charge in [-0.25, -0.2) is 0 Å². The summed E-state index contributed by atoms with van der Waals surface area (Å²) in [6, 6.07) is 0.204. The van der Waals surface area contributed by atoms with Crippen molar-refractivity contribution in [1.82, 2.24) is 15.0 Å². The Morgan fingerprint density at radius 2 is 1.95 bits per heavy atom. The van der Waals surface area contributed by atoms with E-state index in [1.54, 1.807) is 0 Å². The van der Waals surface area contributed by atoms with E-state index >= 15 is 0 Å². The van der Waals surface area contributed by atoms with Crippen molar-refractivity contribution < 1.29 is 4.74 Å². The van der Waals surface area contributed by atoms with Gasteiger partial charge in [-0.2, -0.15) is 15.0 Å². The van der Waals surface area contributed by atoms with Gasteiger partial charge in [0.1, 0.15) is 5.82 Å². The minimum Gasteiger partial charge on any atom is -0.376 e. The smallest absolute Gasteiger partial charge is 0.229 e. The van der Waals surface area contributed by atoms with Gasteiger partial charge in [0, 0.05) is 26.6 Å². The monoisotopic (exact) mass is 279 g/mol. The number of nitrogens with zero attached hydrogens (tertiary/aromatic N) is 4. The third kappa shape index (κ3) is 3.56. The lowest BCUT2D eigenvalue weighted by atomic mass is 10.1. The van der Waals surface area contributed by atoms with E-state index in [0.29, 0.717) is 11.9 Å². The molecule has 1 fully saturated rings. The molecule has 1 aliphatic rings. The van der Waals surface area contributed by atoms with Gasteiger partial charge < -0.3 is 15.0 Å². The first-order valence-corrected chi connectivity index (χ1v) is 7.29. The third-order valence-corrected chi connectivity index (χ3v) is 3.44. The van der Waals surface area contributed by atoms with Crippen LogP contribution in [0.5, 0.6) is 0 Å². The number of hydrogen-bond donors (Lipinski definition) is 1. The zero-order valence-corrected chi connectivity index (χ0v) is 13.1. The number of nitrogens with one attached hydrogen (secondary N) is 1. The van der Waals surface area contributed by atoms with Gasteiger partial charge in [-0.05, 0) is 19.8 Å². The highest BCUT2D eigenvalue weighted by Gasteiger charge is 2.23. The molecule has 2 rings (SSSR count). The molecule has 2 atom stereocenters. The van der Waals surface area contributed by atoms with E-state index in [1.807, 2.05) is 19.0 Å². The molecule has 2 unspecified atom stereocenters. The number of anilines is 2. The van der Waals surface area contributed by atoms with Crippen molar-refractivity contribution in [2.75, 3.05) is 30.9 Å². The molecule has 20 heavy (non-hydrogen) atoms. The molecule has 112 valence electrons. The summed E-state index contributed by atoms with van der Waals surface area (Å²) >= 11 is 0. The highest BCUT2D eigenvalue weighted by atomic mass is 16.5. The lowest BCUT2D eigenvalue weighted by Gasteiger charge is -2.21. The van der Waals surface area contributed by atoms with Gasteiger partial charge in [-0.3, -0.25) is 0 Å². The van der Waals surface area contributed by atoms with Crippen LogP contribution in [0.25, 0.3) is 0 Å². The standard InChI is InChI=1S/C14H25N5O/c1-9(2)12-16-13(18-14(17-12)19(4)5)15-10(3)11-7-6-8-20-11/h9-11H,6-8H2,1-5H3,(H,15,16,17,18). The Morgan fingerprint density at radius 1 is 1.20 bits per heavy atom. The quantitative estimate of drug-likeness (QED) is 0.890. The van der Waals surface area contributed by atoms with Crippen LogP contribution in [0.4, 0.5) is 11.9 Å². The van der Waals surface area contributed by atoms with Crippen LogP contribution < -0.4 is 10.2 Å². The summed E-state index contributed by atoms with van der Waals surface area (Å²) < 4.78 is 5.70. The van der Waals surface area contributed by atoms with Crippen LogP contribution in [-0.4, -0.2) is 47.8 Å². The Balaban J connectivity index is 2.17. The molecule has 0 aromatic carbocycles. The zero-order chi connectivity index (χ0) is 14.7. The second-order valence-corrected chi connectivity index (χ2v) is 5.85. The van der Waals surface area contributed by atoms with Crippen molar-refractivity contribution in [3.63, 3.8) is 0 Å². The number of aromatic nitrogens is 3. The second kappa shape index (κ2) is 6.35. The molecule has 6 nitrogen and oxygen atoms in total. The molecule has 0 saturated carbocycles. The molecule has 6 heteroatoms. The Hall–Kier alpha value is -1.43. The van der Waals surface area contributed by atoms with Crippen molar-refractivity contribution in [3.8, 4) is 0 Å². The fraction of sp³-hybridized carbons (Fsp3) is 0.786. The van der Waals surface area contributed by atoms with Crippen LogP contribution in [0, 0.1) is 0 Å². The molecule has 1 aliphatic heterocycles. The SMILES string of the molecule is CC(C)c1nc(NC(C)C2CCCO2)nc(N(C)C)n1. The van der Waals surface area contributed by atoms with Crippen molar-refractivity contribution in [1.29, 1.82) is 0 Å². The molecule has 1 N–H and O–H groups in total. The molecule has 0 amide bonds. The number of rotatable bonds is 5. The van der Waals surface area contributed by atoms with E-state index in [2.05, 4.69) is 41.0 Å². The lowest BCUT2D eigenvalue weighted by molar-refractivity contribution is 0.0994. The predicted molar refractivity (Wildman–Crippen MR) is 80.3 cm³/mol. The molecule has 0 spiro atoms. The van der Waals surface area contributed by atoms with Gasteiger partial charge in [-0.15, -0.1) is 0 Å². The second-order valence-electron chi connectivity index (χ2n) is 5.85. The molecule has 0 radical (unpaired) electrons. The highest BCUT2D eigenvalue weighted by Crippen LogP contribution is 2.19. The lowest BCUT2D eigenvalue weighted by Crippen LogP contribution is -2.31. The normalized spacial score (nSPS) is 20.2. The Bertz CT molecular complexity index is 417. The first-order chi connectivity index (χ1) is 9.47. The van der Waals surface area contributed by atoms with Crippen molar-refractivity contribution in [2.45, 2.75) is 51.7 Å². The summed E-state index contributed by atoms with van der Waals surface area (Å²) in [4.78, 5) is 15.3. The molecule has 1 aromatic rings. The van der Waals surface area contributed by atoms with Gasteiger partial charge in [0.2, 0.25) is 11.9 Å². The topological polar surface area (TPSA) is 63.2 Å². The highest BCUT2D eigenvalue weighted by molar-refractivity contribution is 5.37. The molecule has 1 aromatic heterocycles. The average Bonchev–Trinajstić information content (AvgIpc) is 2.92. The molecule has 2 heterocycles. The summed E-state index contributed by atoms with van der Waals surface area (Å²) in [5, 5.41) is 3.36. The zero-order valence-electron chi connectivity index (χ0n) is 13.1. The maximum atomic E-state index is 5.70. The maximum absolute atomic E-state index is 5.70. The van der Waals surface area contributed by atoms with Crippen LogP contribution in [0.1, 0.15) is 45.4 Å². The number of hydrogen-bond acceptors (Lipinski definition) is 6. The molecular formula is C14H25N5O. The molecule has 0 aliphatic carbocycles.